The Morgan fingerprint density at radius 2 is 2.22 bits per heavy atom. The maximum atomic E-state index is 13.8. The lowest BCUT2D eigenvalue weighted by molar-refractivity contribution is 0.0517. The van der Waals surface area contributed by atoms with Crippen molar-refractivity contribution in [3.63, 3.8) is 0 Å². The zero-order chi connectivity index (χ0) is 16.4. The van der Waals surface area contributed by atoms with Crippen LogP contribution in [0.3, 0.4) is 0 Å². The van der Waals surface area contributed by atoms with E-state index in [1.54, 1.807) is 35.9 Å². The van der Waals surface area contributed by atoms with Gasteiger partial charge in [0.25, 0.3) is 0 Å². The van der Waals surface area contributed by atoms with E-state index in [1.165, 1.54) is 6.07 Å². The van der Waals surface area contributed by atoms with Crippen molar-refractivity contribution in [1.82, 2.24) is 9.78 Å². The summed E-state index contributed by atoms with van der Waals surface area (Å²) in [4.78, 5) is 11.8. The van der Waals surface area contributed by atoms with Crippen LogP contribution in [0.15, 0.2) is 30.3 Å². The van der Waals surface area contributed by atoms with Crippen LogP contribution in [-0.2, 0) is 11.3 Å². The first-order valence-electron chi connectivity index (χ1n) is 7.77. The molecular weight excluding hydrogens is 299 g/mol. The molecule has 6 heteroatoms. The second kappa shape index (κ2) is 6.50. The summed E-state index contributed by atoms with van der Waals surface area (Å²) in [5.41, 5.74) is 1.35. The fourth-order valence-electron chi connectivity index (χ4n) is 2.60. The average Bonchev–Trinajstić information content (AvgIpc) is 3.29. The van der Waals surface area contributed by atoms with Gasteiger partial charge < -0.3 is 9.84 Å². The van der Waals surface area contributed by atoms with Gasteiger partial charge in [-0.05, 0) is 31.9 Å². The van der Waals surface area contributed by atoms with Gasteiger partial charge in [-0.3, -0.25) is 4.68 Å². The van der Waals surface area contributed by atoms with E-state index < -0.39 is 17.9 Å². The zero-order valence-corrected chi connectivity index (χ0v) is 12.9. The molecule has 0 amide bonds. The fourth-order valence-corrected chi connectivity index (χ4v) is 2.60. The van der Waals surface area contributed by atoms with E-state index in [0.29, 0.717) is 5.92 Å². The third-order valence-electron chi connectivity index (χ3n) is 3.90. The molecule has 1 atom stereocenters. The first-order valence-corrected chi connectivity index (χ1v) is 7.77. The number of halogens is 1. The van der Waals surface area contributed by atoms with Crippen LogP contribution in [0.4, 0.5) is 4.39 Å². The van der Waals surface area contributed by atoms with Gasteiger partial charge >= 0.3 is 5.97 Å². The van der Waals surface area contributed by atoms with E-state index in [2.05, 4.69) is 5.10 Å². The summed E-state index contributed by atoms with van der Waals surface area (Å²) in [6, 6.07) is 7.83. The molecule has 1 aliphatic carbocycles. The maximum Gasteiger partial charge on any atom is 0.358 e. The Kier molecular flexibility index (Phi) is 4.43. The van der Waals surface area contributed by atoms with Crippen LogP contribution >= 0.6 is 0 Å². The van der Waals surface area contributed by atoms with Gasteiger partial charge in [-0.2, -0.15) is 5.10 Å². The van der Waals surface area contributed by atoms with Crippen molar-refractivity contribution >= 4 is 5.97 Å². The van der Waals surface area contributed by atoms with Gasteiger partial charge in [0.05, 0.1) is 13.2 Å². The van der Waals surface area contributed by atoms with Gasteiger partial charge in [0.15, 0.2) is 5.69 Å². The highest BCUT2D eigenvalue weighted by molar-refractivity contribution is 5.87. The van der Waals surface area contributed by atoms with Crippen molar-refractivity contribution in [3.8, 4) is 0 Å². The minimum absolute atomic E-state index is 0.103. The molecule has 3 rings (SSSR count). The SMILES string of the molecule is CCOC(=O)c1cc(C2CC2)n(CC(O)c2ccccc2F)n1. The summed E-state index contributed by atoms with van der Waals surface area (Å²) in [6.07, 6.45) is 1.04. The number of rotatable bonds is 6. The van der Waals surface area contributed by atoms with Crippen molar-refractivity contribution in [2.24, 2.45) is 0 Å². The molecule has 0 spiro atoms. The van der Waals surface area contributed by atoms with E-state index >= 15 is 0 Å². The van der Waals surface area contributed by atoms with Crippen LogP contribution in [-0.4, -0.2) is 27.5 Å². The molecule has 1 N–H and O–H groups in total. The number of hydrogen-bond acceptors (Lipinski definition) is 4. The molecule has 2 aromatic rings. The molecule has 5 nitrogen and oxygen atoms in total. The third-order valence-corrected chi connectivity index (χ3v) is 3.90. The average molecular weight is 318 g/mol. The summed E-state index contributed by atoms with van der Waals surface area (Å²) >= 11 is 0. The van der Waals surface area contributed by atoms with Gasteiger partial charge in [0, 0.05) is 17.2 Å². The molecule has 1 aromatic heterocycles. The van der Waals surface area contributed by atoms with Gasteiger partial charge in [0.2, 0.25) is 0 Å². The number of nitrogens with zero attached hydrogens (tertiary/aromatic N) is 2. The second-order valence-corrected chi connectivity index (χ2v) is 5.67. The molecule has 1 aromatic carbocycles. The van der Waals surface area contributed by atoms with Crippen LogP contribution in [0, 0.1) is 5.82 Å². The summed E-state index contributed by atoms with van der Waals surface area (Å²) in [6.45, 7) is 2.12. The normalized spacial score (nSPS) is 15.4. The van der Waals surface area contributed by atoms with E-state index in [0.717, 1.165) is 18.5 Å². The molecule has 1 unspecified atom stereocenters. The number of carbonyl (C=O) groups excluding carboxylic acids is 1. The topological polar surface area (TPSA) is 64.3 Å². The molecule has 0 saturated heterocycles. The number of hydrogen-bond donors (Lipinski definition) is 1. The first-order chi connectivity index (χ1) is 11.1. The van der Waals surface area contributed by atoms with Crippen LogP contribution in [0.1, 0.15) is 53.5 Å². The Balaban J connectivity index is 1.84. The molecule has 0 aliphatic heterocycles. The molecule has 0 radical (unpaired) electrons. The molecule has 0 bridgehead atoms. The summed E-state index contributed by atoms with van der Waals surface area (Å²) in [5.74, 6) is -0.585. The monoisotopic (exact) mass is 318 g/mol. The van der Waals surface area contributed by atoms with E-state index in [1.807, 2.05) is 0 Å². The number of aliphatic hydroxyl groups is 1. The Hall–Kier alpha value is -2.21. The lowest BCUT2D eigenvalue weighted by Crippen LogP contribution is -2.14. The quantitative estimate of drug-likeness (QED) is 0.832. The highest BCUT2D eigenvalue weighted by Crippen LogP contribution is 2.40. The molecule has 122 valence electrons. The minimum atomic E-state index is -1.02. The number of carbonyl (C=O) groups is 1. The van der Waals surface area contributed by atoms with E-state index in [9.17, 15) is 14.3 Å². The summed E-state index contributed by atoms with van der Waals surface area (Å²) in [7, 11) is 0. The zero-order valence-electron chi connectivity index (χ0n) is 12.9. The highest BCUT2D eigenvalue weighted by atomic mass is 19.1. The van der Waals surface area contributed by atoms with Crippen LogP contribution in [0.5, 0.6) is 0 Å². The largest absolute Gasteiger partial charge is 0.461 e. The molecule has 1 fully saturated rings. The summed E-state index contributed by atoms with van der Waals surface area (Å²) < 4.78 is 20.4. The maximum absolute atomic E-state index is 13.8. The third kappa shape index (κ3) is 3.42. The second-order valence-electron chi connectivity index (χ2n) is 5.67. The smallest absolute Gasteiger partial charge is 0.358 e. The lowest BCUT2D eigenvalue weighted by atomic mass is 10.1. The Morgan fingerprint density at radius 1 is 1.48 bits per heavy atom. The first kappa shape index (κ1) is 15.7. The van der Waals surface area contributed by atoms with Crippen LogP contribution < -0.4 is 0 Å². The number of esters is 1. The van der Waals surface area contributed by atoms with Gasteiger partial charge in [-0.15, -0.1) is 0 Å². The number of ether oxygens (including phenoxy) is 1. The van der Waals surface area contributed by atoms with E-state index in [4.69, 9.17) is 4.74 Å². The van der Waals surface area contributed by atoms with Crippen molar-refractivity contribution in [2.75, 3.05) is 6.61 Å². The highest BCUT2D eigenvalue weighted by Gasteiger charge is 2.30. The Bertz CT molecular complexity index is 710. The molecule has 1 saturated carbocycles. The van der Waals surface area contributed by atoms with Gasteiger partial charge in [-0.25, -0.2) is 9.18 Å². The molecule has 23 heavy (non-hydrogen) atoms. The van der Waals surface area contributed by atoms with Gasteiger partial charge in [-0.1, -0.05) is 18.2 Å². The number of aliphatic hydroxyl groups excluding tert-OH is 1. The van der Waals surface area contributed by atoms with E-state index in [-0.39, 0.29) is 24.4 Å². The fraction of sp³-hybridized carbons (Fsp3) is 0.412. The minimum Gasteiger partial charge on any atom is -0.461 e. The predicted molar refractivity (Wildman–Crippen MR) is 81.5 cm³/mol. The standard InChI is InChI=1S/C17H19FN2O3/c1-2-23-17(22)14-9-15(11-7-8-11)20(19-14)10-16(21)12-5-3-4-6-13(12)18/h3-6,9,11,16,21H,2,7-8,10H2,1H3. The van der Waals surface area contributed by atoms with Gasteiger partial charge in [0.1, 0.15) is 11.9 Å². The number of aromatic nitrogens is 2. The van der Waals surface area contributed by atoms with Crippen LogP contribution in [0.2, 0.25) is 0 Å². The van der Waals surface area contributed by atoms with Crippen molar-refractivity contribution < 1.29 is 19.0 Å². The molecular formula is C17H19FN2O3. The molecule has 1 aliphatic rings. The van der Waals surface area contributed by atoms with Crippen molar-refractivity contribution in [2.45, 2.75) is 38.3 Å². The predicted octanol–water partition coefficient (Wildman–Crippen LogP) is 2.81. The number of benzene rings is 1. The lowest BCUT2D eigenvalue weighted by Gasteiger charge is -2.14. The Morgan fingerprint density at radius 3 is 2.87 bits per heavy atom. The molecule has 1 heterocycles. The van der Waals surface area contributed by atoms with Crippen molar-refractivity contribution in [1.29, 1.82) is 0 Å². The van der Waals surface area contributed by atoms with Crippen LogP contribution in [0.25, 0.3) is 0 Å². The summed E-state index contributed by atoms with van der Waals surface area (Å²) in [5, 5.41) is 14.6. The van der Waals surface area contributed by atoms with Crippen molar-refractivity contribution in [3.05, 3.63) is 53.1 Å². The Labute approximate surface area is 133 Å².